The number of benzene rings is 2. The Morgan fingerprint density at radius 3 is 2.62 bits per heavy atom. The van der Waals surface area contributed by atoms with Crippen LogP contribution in [0.25, 0.3) is 10.8 Å². The van der Waals surface area contributed by atoms with Gasteiger partial charge < -0.3 is 9.47 Å². The fourth-order valence-electron chi connectivity index (χ4n) is 2.02. The van der Waals surface area contributed by atoms with Crippen molar-refractivity contribution in [3.63, 3.8) is 0 Å². The molecule has 108 valence electrons. The summed E-state index contributed by atoms with van der Waals surface area (Å²) < 4.78 is 9.79. The van der Waals surface area contributed by atoms with E-state index >= 15 is 0 Å². The first kappa shape index (κ1) is 14.9. The molecule has 0 aliphatic rings. The summed E-state index contributed by atoms with van der Waals surface area (Å²) >= 11 is 0. The average Bonchev–Trinajstić information content (AvgIpc) is 2.53. The summed E-state index contributed by atoms with van der Waals surface area (Å²) in [5.41, 5.74) is 0.978. The predicted octanol–water partition coefficient (Wildman–Crippen LogP) is 3.54. The number of hydrogen-bond acceptors (Lipinski definition) is 3. The lowest BCUT2D eigenvalue weighted by Crippen LogP contribution is -1.98. The van der Waals surface area contributed by atoms with Crippen LogP contribution in [-0.2, 0) is 9.53 Å². The molecule has 0 heterocycles. The van der Waals surface area contributed by atoms with E-state index in [1.165, 1.54) is 7.11 Å². The quantitative estimate of drug-likeness (QED) is 0.489. The smallest absolute Gasteiger partial charge is 0.305 e. The Morgan fingerprint density at radius 2 is 1.86 bits per heavy atom. The molecule has 3 nitrogen and oxygen atoms in total. The van der Waals surface area contributed by atoms with Crippen molar-refractivity contribution in [2.24, 2.45) is 0 Å². The van der Waals surface area contributed by atoms with Crippen LogP contribution < -0.4 is 4.74 Å². The summed E-state index contributed by atoms with van der Waals surface area (Å²) in [5, 5.41) is 2.27. The number of carbonyl (C=O) groups excluding carboxylic acids is 1. The third-order valence-electron chi connectivity index (χ3n) is 3.19. The van der Waals surface area contributed by atoms with Gasteiger partial charge in [-0.1, -0.05) is 24.0 Å². The van der Waals surface area contributed by atoms with Crippen molar-refractivity contribution in [1.82, 2.24) is 0 Å². The van der Waals surface area contributed by atoms with Crippen molar-refractivity contribution >= 4 is 16.7 Å². The summed E-state index contributed by atoms with van der Waals surface area (Å²) in [5.74, 6) is 6.88. The molecule has 0 atom stereocenters. The molecule has 3 heteroatoms. The van der Waals surface area contributed by atoms with Gasteiger partial charge in [0.15, 0.2) is 0 Å². The number of carbonyl (C=O) groups is 1. The van der Waals surface area contributed by atoms with Gasteiger partial charge in [0, 0.05) is 18.4 Å². The Kier molecular flexibility index (Phi) is 5.22. The van der Waals surface area contributed by atoms with Crippen molar-refractivity contribution < 1.29 is 14.3 Å². The fraction of sp³-hybridized carbons (Fsp3) is 0.278. The lowest BCUT2D eigenvalue weighted by molar-refractivity contribution is -0.140. The molecular formula is C18H18O3. The van der Waals surface area contributed by atoms with E-state index in [4.69, 9.17) is 4.74 Å². The third-order valence-corrected chi connectivity index (χ3v) is 3.19. The van der Waals surface area contributed by atoms with Gasteiger partial charge in [-0.05, 0) is 41.5 Å². The Balaban J connectivity index is 2.01. The maximum Gasteiger partial charge on any atom is 0.305 e. The highest BCUT2D eigenvalue weighted by atomic mass is 16.5. The van der Waals surface area contributed by atoms with Gasteiger partial charge in [0.1, 0.15) is 5.75 Å². The van der Waals surface area contributed by atoms with E-state index in [-0.39, 0.29) is 5.97 Å². The summed E-state index contributed by atoms with van der Waals surface area (Å²) in [6.07, 6.45) is 1.84. The van der Waals surface area contributed by atoms with E-state index in [2.05, 4.69) is 22.6 Å². The minimum absolute atomic E-state index is 0.184. The average molecular weight is 282 g/mol. The normalized spacial score (nSPS) is 9.81. The molecule has 0 aliphatic carbocycles. The van der Waals surface area contributed by atoms with Crippen LogP contribution in [-0.4, -0.2) is 20.2 Å². The topological polar surface area (TPSA) is 35.5 Å². The van der Waals surface area contributed by atoms with E-state index < -0.39 is 0 Å². The third kappa shape index (κ3) is 4.25. The molecule has 2 rings (SSSR count). The second-order valence-electron chi connectivity index (χ2n) is 4.66. The lowest BCUT2D eigenvalue weighted by Gasteiger charge is -2.02. The van der Waals surface area contributed by atoms with Gasteiger partial charge in [0.05, 0.1) is 14.2 Å². The molecule has 0 aromatic heterocycles. The fourth-order valence-corrected chi connectivity index (χ4v) is 2.02. The molecule has 0 saturated heterocycles. The van der Waals surface area contributed by atoms with Gasteiger partial charge in [-0.25, -0.2) is 0 Å². The number of methoxy groups -OCH3 is 2. The number of rotatable bonds is 4. The van der Waals surface area contributed by atoms with Crippen molar-refractivity contribution in [1.29, 1.82) is 0 Å². The first-order valence-corrected chi connectivity index (χ1v) is 6.86. The van der Waals surface area contributed by atoms with E-state index in [0.29, 0.717) is 12.8 Å². The maximum atomic E-state index is 11.0. The largest absolute Gasteiger partial charge is 0.497 e. The van der Waals surface area contributed by atoms with Gasteiger partial charge >= 0.3 is 5.97 Å². The summed E-state index contributed by atoms with van der Waals surface area (Å²) in [6.45, 7) is 0. The molecule has 0 radical (unpaired) electrons. The molecule has 0 fully saturated rings. The highest BCUT2D eigenvalue weighted by Crippen LogP contribution is 2.21. The van der Waals surface area contributed by atoms with Crippen molar-refractivity contribution in [3.8, 4) is 17.6 Å². The second-order valence-corrected chi connectivity index (χ2v) is 4.66. The first-order chi connectivity index (χ1) is 10.2. The van der Waals surface area contributed by atoms with Crippen molar-refractivity contribution in [2.45, 2.75) is 19.3 Å². The van der Waals surface area contributed by atoms with Gasteiger partial charge in [0.25, 0.3) is 0 Å². The van der Waals surface area contributed by atoms with Gasteiger partial charge in [-0.3, -0.25) is 4.79 Å². The number of esters is 1. The van der Waals surface area contributed by atoms with Crippen LogP contribution in [0.1, 0.15) is 24.8 Å². The Hall–Kier alpha value is -2.47. The summed E-state index contributed by atoms with van der Waals surface area (Å²) in [6, 6.07) is 12.1. The summed E-state index contributed by atoms with van der Waals surface area (Å²) in [4.78, 5) is 11.0. The van der Waals surface area contributed by atoms with Gasteiger partial charge in [-0.2, -0.15) is 0 Å². The highest BCUT2D eigenvalue weighted by molar-refractivity contribution is 5.85. The molecule has 0 N–H and O–H groups in total. The van der Waals surface area contributed by atoms with Crippen LogP contribution >= 0.6 is 0 Å². The van der Waals surface area contributed by atoms with Gasteiger partial charge in [0.2, 0.25) is 0 Å². The van der Waals surface area contributed by atoms with Crippen LogP contribution in [0, 0.1) is 11.8 Å². The zero-order valence-corrected chi connectivity index (χ0v) is 12.3. The predicted molar refractivity (Wildman–Crippen MR) is 83.2 cm³/mol. The molecule has 0 spiro atoms. The van der Waals surface area contributed by atoms with Crippen LogP contribution in [0.3, 0.4) is 0 Å². The monoisotopic (exact) mass is 282 g/mol. The zero-order chi connectivity index (χ0) is 15.1. The molecule has 2 aromatic rings. The van der Waals surface area contributed by atoms with E-state index in [1.807, 2.05) is 30.3 Å². The molecule has 0 aliphatic heterocycles. The Morgan fingerprint density at radius 1 is 1.10 bits per heavy atom. The SMILES string of the molecule is COC(=O)CCCC#Cc1ccc2cc(OC)ccc2c1. The summed E-state index contributed by atoms with van der Waals surface area (Å²) in [7, 11) is 3.06. The molecule has 21 heavy (non-hydrogen) atoms. The van der Waals surface area contributed by atoms with E-state index in [0.717, 1.165) is 28.5 Å². The molecule has 0 bridgehead atoms. The minimum Gasteiger partial charge on any atom is -0.497 e. The van der Waals surface area contributed by atoms with Crippen LogP contribution in [0.15, 0.2) is 36.4 Å². The molecule has 0 unspecified atom stereocenters. The zero-order valence-electron chi connectivity index (χ0n) is 12.3. The second kappa shape index (κ2) is 7.35. The van der Waals surface area contributed by atoms with Crippen LogP contribution in [0.5, 0.6) is 5.75 Å². The Labute approximate surface area is 124 Å². The number of fused-ring (bicyclic) bond motifs is 1. The standard InChI is InChI=1S/C18H18O3/c1-20-17-11-10-15-12-14(8-9-16(15)13-17)6-4-3-5-7-18(19)21-2/h8-13H,3,5,7H2,1-2H3. The molecular weight excluding hydrogens is 264 g/mol. The lowest BCUT2D eigenvalue weighted by atomic mass is 10.1. The van der Waals surface area contributed by atoms with E-state index in [1.54, 1.807) is 7.11 Å². The highest BCUT2D eigenvalue weighted by Gasteiger charge is 1.98. The van der Waals surface area contributed by atoms with Crippen LogP contribution in [0.2, 0.25) is 0 Å². The number of hydrogen-bond donors (Lipinski definition) is 0. The number of unbranched alkanes of at least 4 members (excludes halogenated alkanes) is 1. The minimum atomic E-state index is -0.184. The van der Waals surface area contributed by atoms with Crippen molar-refractivity contribution in [3.05, 3.63) is 42.0 Å². The van der Waals surface area contributed by atoms with Crippen molar-refractivity contribution in [2.75, 3.05) is 14.2 Å². The van der Waals surface area contributed by atoms with E-state index in [9.17, 15) is 4.79 Å². The van der Waals surface area contributed by atoms with Crippen LogP contribution in [0.4, 0.5) is 0 Å². The van der Waals surface area contributed by atoms with Gasteiger partial charge in [-0.15, -0.1) is 0 Å². The molecule has 0 amide bonds. The Bertz CT molecular complexity index is 692. The molecule has 2 aromatic carbocycles. The molecule has 0 saturated carbocycles. The maximum absolute atomic E-state index is 11.0. The number of ether oxygens (including phenoxy) is 2. The first-order valence-electron chi connectivity index (χ1n) is 6.86.